The summed E-state index contributed by atoms with van der Waals surface area (Å²) < 4.78 is 10.1. The lowest BCUT2D eigenvalue weighted by Gasteiger charge is -2.34. The summed E-state index contributed by atoms with van der Waals surface area (Å²) in [5, 5.41) is 12.6. The average Bonchev–Trinajstić information content (AvgIpc) is 3.19. The molecule has 1 aliphatic carbocycles. The van der Waals surface area contributed by atoms with Gasteiger partial charge in [-0.05, 0) is 31.1 Å². The van der Waals surface area contributed by atoms with Crippen LogP contribution in [0, 0.1) is 5.41 Å². The van der Waals surface area contributed by atoms with Crippen LogP contribution in [0.4, 0.5) is 4.79 Å². The lowest BCUT2D eigenvalue weighted by atomic mass is 9.85. The van der Waals surface area contributed by atoms with Crippen LogP contribution in [0.2, 0.25) is 0 Å². The Kier molecular flexibility index (Phi) is 6.49. The van der Waals surface area contributed by atoms with E-state index in [4.69, 9.17) is 9.47 Å². The second-order valence-corrected chi connectivity index (χ2v) is 8.17. The molecule has 3 unspecified atom stereocenters. The number of likely N-dealkylation sites (tertiary alicyclic amines) is 1. The molecule has 1 aliphatic heterocycles. The van der Waals surface area contributed by atoms with Crippen molar-refractivity contribution in [2.75, 3.05) is 13.7 Å². The third-order valence-electron chi connectivity index (χ3n) is 4.99. The Balaban J connectivity index is 2.10. The minimum absolute atomic E-state index is 0.0323. The SMILES string of the molecule is COC(=O)C1CC(O)CN1C(=O)C(NC(=O)OC1CCCC1)C(C)(C)C. The normalized spacial score (nSPS) is 25.0. The van der Waals surface area contributed by atoms with E-state index in [9.17, 15) is 19.5 Å². The highest BCUT2D eigenvalue weighted by atomic mass is 16.6. The minimum Gasteiger partial charge on any atom is -0.467 e. The molecule has 2 aliphatic rings. The second kappa shape index (κ2) is 8.24. The zero-order valence-corrected chi connectivity index (χ0v) is 16.0. The predicted molar refractivity (Wildman–Crippen MR) is 93.3 cm³/mol. The van der Waals surface area contributed by atoms with Gasteiger partial charge in [0.05, 0.1) is 13.2 Å². The van der Waals surface area contributed by atoms with Gasteiger partial charge in [-0.1, -0.05) is 20.8 Å². The van der Waals surface area contributed by atoms with Crippen LogP contribution in [-0.4, -0.2) is 65.9 Å². The summed E-state index contributed by atoms with van der Waals surface area (Å²) in [5.41, 5.74) is -0.597. The lowest BCUT2D eigenvalue weighted by Crippen LogP contribution is -2.57. The number of alkyl carbamates (subject to hydrolysis) is 1. The number of ether oxygens (including phenoxy) is 2. The Hall–Kier alpha value is -1.83. The van der Waals surface area contributed by atoms with Crippen molar-refractivity contribution in [3.05, 3.63) is 0 Å². The van der Waals surface area contributed by atoms with E-state index in [0.29, 0.717) is 0 Å². The summed E-state index contributed by atoms with van der Waals surface area (Å²) in [6, 6.07) is -1.73. The van der Waals surface area contributed by atoms with Crippen molar-refractivity contribution >= 4 is 18.0 Å². The molecule has 8 nitrogen and oxygen atoms in total. The number of methoxy groups -OCH3 is 1. The fourth-order valence-electron chi connectivity index (χ4n) is 3.54. The van der Waals surface area contributed by atoms with Crippen LogP contribution in [0.3, 0.4) is 0 Å². The molecule has 2 rings (SSSR count). The molecule has 0 bridgehead atoms. The lowest BCUT2D eigenvalue weighted by molar-refractivity contribution is -0.152. The van der Waals surface area contributed by atoms with Crippen molar-refractivity contribution in [1.82, 2.24) is 10.2 Å². The highest BCUT2D eigenvalue weighted by molar-refractivity contribution is 5.90. The van der Waals surface area contributed by atoms with Gasteiger partial charge in [0.2, 0.25) is 5.91 Å². The number of carbonyl (C=O) groups is 3. The number of hydrogen-bond acceptors (Lipinski definition) is 6. The topological polar surface area (TPSA) is 105 Å². The Morgan fingerprint density at radius 1 is 1.19 bits per heavy atom. The largest absolute Gasteiger partial charge is 0.467 e. The van der Waals surface area contributed by atoms with Crippen molar-refractivity contribution < 1.29 is 29.0 Å². The molecule has 0 aromatic carbocycles. The van der Waals surface area contributed by atoms with Crippen LogP contribution in [-0.2, 0) is 19.1 Å². The third kappa shape index (κ3) is 4.87. The first-order chi connectivity index (χ1) is 12.1. The van der Waals surface area contributed by atoms with Gasteiger partial charge < -0.3 is 24.8 Å². The van der Waals surface area contributed by atoms with Gasteiger partial charge in [-0.3, -0.25) is 4.79 Å². The summed E-state index contributed by atoms with van der Waals surface area (Å²) in [4.78, 5) is 38.6. The molecule has 3 atom stereocenters. The van der Waals surface area contributed by atoms with Gasteiger partial charge >= 0.3 is 12.1 Å². The maximum Gasteiger partial charge on any atom is 0.408 e. The van der Waals surface area contributed by atoms with Crippen molar-refractivity contribution in [1.29, 1.82) is 0 Å². The van der Waals surface area contributed by atoms with Crippen LogP contribution in [0.5, 0.6) is 0 Å². The molecule has 0 aromatic rings. The summed E-state index contributed by atoms with van der Waals surface area (Å²) in [6.45, 7) is 5.51. The Morgan fingerprint density at radius 2 is 1.81 bits per heavy atom. The molecule has 1 heterocycles. The molecule has 1 saturated heterocycles. The Bertz CT molecular complexity index is 538. The fourth-order valence-corrected chi connectivity index (χ4v) is 3.54. The number of aliphatic hydroxyl groups is 1. The molecule has 0 radical (unpaired) electrons. The number of nitrogens with one attached hydrogen (secondary N) is 1. The Labute approximate surface area is 154 Å². The third-order valence-corrected chi connectivity index (χ3v) is 4.99. The number of hydrogen-bond donors (Lipinski definition) is 2. The van der Waals surface area contributed by atoms with Gasteiger partial charge in [0.25, 0.3) is 0 Å². The van der Waals surface area contributed by atoms with Gasteiger partial charge in [0.1, 0.15) is 18.2 Å². The van der Waals surface area contributed by atoms with Gasteiger partial charge in [0, 0.05) is 13.0 Å². The molecule has 0 spiro atoms. The zero-order valence-electron chi connectivity index (χ0n) is 16.0. The first-order valence-corrected chi connectivity index (χ1v) is 9.17. The fraction of sp³-hybridized carbons (Fsp3) is 0.833. The maximum absolute atomic E-state index is 13.1. The molecule has 2 N–H and O–H groups in total. The smallest absolute Gasteiger partial charge is 0.408 e. The molecule has 148 valence electrons. The van der Waals surface area contributed by atoms with Crippen molar-refractivity contribution in [2.24, 2.45) is 5.41 Å². The van der Waals surface area contributed by atoms with Crippen molar-refractivity contribution in [3.8, 4) is 0 Å². The number of aliphatic hydroxyl groups excluding tert-OH is 1. The molecule has 8 heteroatoms. The number of esters is 1. The maximum atomic E-state index is 13.1. The molecular formula is C18H30N2O6. The van der Waals surface area contributed by atoms with Crippen LogP contribution in [0.1, 0.15) is 52.9 Å². The van der Waals surface area contributed by atoms with Crippen LogP contribution < -0.4 is 5.32 Å². The quantitative estimate of drug-likeness (QED) is 0.721. The van der Waals surface area contributed by atoms with Crippen molar-refractivity contribution in [3.63, 3.8) is 0 Å². The number of amides is 2. The molecule has 2 amide bonds. The van der Waals surface area contributed by atoms with E-state index in [1.165, 1.54) is 12.0 Å². The molecule has 1 saturated carbocycles. The number of β-amino-alcohol motifs (C(OH)–C–C–N with tert-alkyl or cyclic N) is 1. The van der Waals surface area contributed by atoms with Crippen LogP contribution >= 0.6 is 0 Å². The number of rotatable bonds is 4. The summed E-state index contributed by atoms with van der Waals surface area (Å²) in [5.74, 6) is -0.996. The molecule has 0 aromatic heterocycles. The highest BCUT2D eigenvalue weighted by Crippen LogP contribution is 2.27. The summed E-state index contributed by atoms with van der Waals surface area (Å²) in [7, 11) is 1.24. The molecular weight excluding hydrogens is 340 g/mol. The van der Waals surface area contributed by atoms with Crippen molar-refractivity contribution in [2.45, 2.75) is 77.2 Å². The first-order valence-electron chi connectivity index (χ1n) is 9.17. The Morgan fingerprint density at radius 3 is 2.35 bits per heavy atom. The number of carbonyl (C=O) groups excluding carboxylic acids is 3. The van der Waals surface area contributed by atoms with Crippen LogP contribution in [0.25, 0.3) is 0 Å². The first kappa shape index (κ1) is 20.5. The minimum atomic E-state index is -0.881. The molecule has 26 heavy (non-hydrogen) atoms. The van der Waals surface area contributed by atoms with Gasteiger partial charge in [-0.2, -0.15) is 0 Å². The van der Waals surface area contributed by atoms with Gasteiger partial charge in [-0.25, -0.2) is 9.59 Å². The van der Waals surface area contributed by atoms with Gasteiger partial charge in [-0.15, -0.1) is 0 Å². The highest BCUT2D eigenvalue weighted by Gasteiger charge is 2.45. The van der Waals surface area contributed by atoms with E-state index in [2.05, 4.69) is 5.32 Å². The summed E-state index contributed by atoms with van der Waals surface area (Å²) in [6.07, 6.45) is 2.34. The van der Waals surface area contributed by atoms with E-state index in [1.54, 1.807) is 0 Å². The summed E-state index contributed by atoms with van der Waals surface area (Å²) >= 11 is 0. The van der Waals surface area contributed by atoms with Crippen LogP contribution in [0.15, 0.2) is 0 Å². The monoisotopic (exact) mass is 370 g/mol. The van der Waals surface area contributed by atoms with Gasteiger partial charge in [0.15, 0.2) is 0 Å². The van der Waals surface area contributed by atoms with E-state index >= 15 is 0 Å². The van der Waals surface area contributed by atoms with E-state index in [-0.39, 0.29) is 19.1 Å². The average molecular weight is 370 g/mol. The van der Waals surface area contributed by atoms with E-state index < -0.39 is 41.6 Å². The van der Waals surface area contributed by atoms with E-state index in [1.807, 2.05) is 20.8 Å². The predicted octanol–water partition coefficient (Wildman–Crippen LogP) is 1.20. The molecule has 2 fully saturated rings. The standard InChI is InChI=1S/C18H30N2O6/c1-18(2,3)14(19-17(24)26-12-7-5-6-8-12)15(22)20-10-11(21)9-13(20)16(23)25-4/h11-14,21H,5-10H2,1-4H3,(H,19,24). The second-order valence-electron chi connectivity index (χ2n) is 8.17. The zero-order chi connectivity index (χ0) is 19.5. The number of nitrogens with zero attached hydrogens (tertiary/aromatic N) is 1. The van der Waals surface area contributed by atoms with E-state index in [0.717, 1.165) is 25.7 Å².